The van der Waals surface area contributed by atoms with Gasteiger partial charge in [-0.3, -0.25) is 9.59 Å². The summed E-state index contributed by atoms with van der Waals surface area (Å²) in [6.45, 7) is 2.68. The van der Waals surface area contributed by atoms with Crippen LogP contribution in [0.1, 0.15) is 22.5 Å². The molecule has 1 saturated heterocycles. The van der Waals surface area contributed by atoms with Gasteiger partial charge < -0.3 is 10.6 Å². The van der Waals surface area contributed by atoms with E-state index in [9.17, 15) is 9.59 Å². The van der Waals surface area contributed by atoms with Gasteiger partial charge in [0.15, 0.2) is 5.78 Å². The van der Waals surface area contributed by atoms with Crippen LogP contribution in [0.4, 0.5) is 0 Å². The highest BCUT2D eigenvalue weighted by Gasteiger charge is 2.17. The molecule has 0 aliphatic carbocycles. The van der Waals surface area contributed by atoms with Crippen molar-refractivity contribution in [3.8, 4) is 0 Å². The van der Waals surface area contributed by atoms with Crippen molar-refractivity contribution in [3.05, 3.63) is 22.4 Å². The van der Waals surface area contributed by atoms with Gasteiger partial charge in [0, 0.05) is 38.4 Å². The van der Waals surface area contributed by atoms with Gasteiger partial charge in [-0.15, -0.1) is 11.3 Å². The number of nitrogens with one attached hydrogen (secondary N) is 2. The van der Waals surface area contributed by atoms with Gasteiger partial charge in [-0.2, -0.15) is 0 Å². The molecule has 0 unspecified atom stereocenters. The standard InChI is InChI=1S/C12H16N2O2S/c15-10(11-2-1-5-17-11)3-4-12(16)14-8-9-6-13-7-9/h1-2,5,9,13H,3-4,6-8H2,(H,14,16). The highest BCUT2D eigenvalue weighted by atomic mass is 32.1. The molecule has 0 saturated carbocycles. The zero-order valence-electron chi connectivity index (χ0n) is 9.57. The maximum absolute atomic E-state index is 11.6. The molecular formula is C12H16N2O2S. The van der Waals surface area contributed by atoms with E-state index < -0.39 is 0 Å². The van der Waals surface area contributed by atoms with Crippen molar-refractivity contribution in [2.24, 2.45) is 5.92 Å². The van der Waals surface area contributed by atoms with E-state index in [2.05, 4.69) is 10.6 Å². The number of amides is 1. The number of hydrogen-bond donors (Lipinski definition) is 2. The predicted octanol–water partition coefficient (Wildman–Crippen LogP) is 1.05. The first-order chi connectivity index (χ1) is 8.25. The lowest BCUT2D eigenvalue weighted by atomic mass is 10.0. The topological polar surface area (TPSA) is 58.2 Å². The minimum absolute atomic E-state index is 0.0261. The predicted molar refractivity (Wildman–Crippen MR) is 67.3 cm³/mol. The van der Waals surface area contributed by atoms with Crippen molar-refractivity contribution < 1.29 is 9.59 Å². The molecule has 1 aliphatic rings. The maximum atomic E-state index is 11.6. The van der Waals surface area contributed by atoms with E-state index in [0.29, 0.717) is 12.3 Å². The molecule has 0 aromatic carbocycles. The van der Waals surface area contributed by atoms with Crippen molar-refractivity contribution in [1.82, 2.24) is 10.6 Å². The summed E-state index contributed by atoms with van der Waals surface area (Å²) >= 11 is 1.42. The molecule has 4 nitrogen and oxygen atoms in total. The number of Topliss-reactive ketones (excluding diaryl/α,β-unsaturated/α-hetero) is 1. The first-order valence-electron chi connectivity index (χ1n) is 5.80. The minimum atomic E-state index is -0.0261. The van der Waals surface area contributed by atoms with Crippen molar-refractivity contribution in [2.75, 3.05) is 19.6 Å². The molecular weight excluding hydrogens is 236 g/mol. The van der Waals surface area contributed by atoms with Crippen molar-refractivity contribution >= 4 is 23.0 Å². The van der Waals surface area contributed by atoms with Crippen LogP contribution in [0, 0.1) is 5.92 Å². The third-order valence-electron chi connectivity index (χ3n) is 2.83. The van der Waals surface area contributed by atoms with E-state index in [1.165, 1.54) is 11.3 Å². The molecule has 1 aromatic rings. The SMILES string of the molecule is O=C(CCC(=O)c1cccs1)NCC1CNC1. The summed E-state index contributed by atoms with van der Waals surface area (Å²) in [6.07, 6.45) is 0.589. The summed E-state index contributed by atoms with van der Waals surface area (Å²) in [7, 11) is 0. The highest BCUT2D eigenvalue weighted by Crippen LogP contribution is 2.12. The number of thiophene rings is 1. The highest BCUT2D eigenvalue weighted by molar-refractivity contribution is 7.12. The second-order valence-corrected chi connectivity index (χ2v) is 5.18. The van der Waals surface area contributed by atoms with E-state index in [4.69, 9.17) is 0 Å². The van der Waals surface area contributed by atoms with Gasteiger partial charge in [0.1, 0.15) is 0 Å². The smallest absolute Gasteiger partial charge is 0.220 e. The molecule has 1 aromatic heterocycles. The molecule has 0 bridgehead atoms. The van der Waals surface area contributed by atoms with E-state index in [1.54, 1.807) is 6.07 Å². The largest absolute Gasteiger partial charge is 0.356 e. The second-order valence-electron chi connectivity index (χ2n) is 4.23. The Balaban J connectivity index is 1.63. The van der Waals surface area contributed by atoms with Gasteiger partial charge in [0.2, 0.25) is 5.91 Å². The second kappa shape index (κ2) is 5.93. The minimum Gasteiger partial charge on any atom is -0.356 e. The molecule has 92 valence electrons. The number of ketones is 1. The van der Waals surface area contributed by atoms with Crippen molar-refractivity contribution in [1.29, 1.82) is 0 Å². The number of carbonyl (C=O) groups is 2. The maximum Gasteiger partial charge on any atom is 0.220 e. The van der Waals surface area contributed by atoms with Crippen LogP contribution in [0.5, 0.6) is 0 Å². The van der Waals surface area contributed by atoms with Gasteiger partial charge in [0.05, 0.1) is 4.88 Å². The molecule has 1 aliphatic heterocycles. The molecule has 2 N–H and O–H groups in total. The first kappa shape index (κ1) is 12.3. The third-order valence-corrected chi connectivity index (χ3v) is 3.74. The molecule has 17 heavy (non-hydrogen) atoms. The molecule has 1 amide bonds. The number of hydrogen-bond acceptors (Lipinski definition) is 4. The molecule has 2 heterocycles. The van der Waals surface area contributed by atoms with E-state index in [0.717, 1.165) is 24.5 Å². The van der Waals surface area contributed by atoms with Gasteiger partial charge in [-0.1, -0.05) is 6.07 Å². The van der Waals surface area contributed by atoms with Crippen molar-refractivity contribution in [3.63, 3.8) is 0 Å². The lowest BCUT2D eigenvalue weighted by Crippen LogP contribution is -2.48. The van der Waals surface area contributed by atoms with Gasteiger partial charge in [-0.05, 0) is 11.4 Å². The fourth-order valence-corrected chi connectivity index (χ4v) is 2.32. The fourth-order valence-electron chi connectivity index (χ4n) is 1.63. The Morgan fingerprint density at radius 1 is 1.41 bits per heavy atom. The van der Waals surface area contributed by atoms with Crippen molar-refractivity contribution in [2.45, 2.75) is 12.8 Å². The van der Waals surface area contributed by atoms with Crippen LogP contribution >= 0.6 is 11.3 Å². The molecule has 1 fully saturated rings. The lowest BCUT2D eigenvalue weighted by Gasteiger charge is -2.27. The summed E-state index contributed by atoms with van der Waals surface area (Å²) in [4.78, 5) is 23.9. The van der Waals surface area contributed by atoms with Crippen LogP contribution in [-0.2, 0) is 4.79 Å². The van der Waals surface area contributed by atoms with Crippen LogP contribution in [0.15, 0.2) is 17.5 Å². The number of carbonyl (C=O) groups excluding carboxylic acids is 2. The van der Waals surface area contributed by atoms with Gasteiger partial charge in [-0.25, -0.2) is 0 Å². The summed E-state index contributed by atoms with van der Waals surface area (Å²) in [6, 6.07) is 3.65. The molecule has 0 spiro atoms. The van der Waals surface area contributed by atoms with Crippen LogP contribution < -0.4 is 10.6 Å². The van der Waals surface area contributed by atoms with E-state index in [-0.39, 0.29) is 18.1 Å². The van der Waals surface area contributed by atoms with Crippen LogP contribution in [0.25, 0.3) is 0 Å². The monoisotopic (exact) mass is 252 g/mol. The van der Waals surface area contributed by atoms with E-state index in [1.807, 2.05) is 11.4 Å². The molecule has 5 heteroatoms. The summed E-state index contributed by atoms with van der Waals surface area (Å²) < 4.78 is 0. The zero-order valence-corrected chi connectivity index (χ0v) is 10.4. The Morgan fingerprint density at radius 2 is 2.24 bits per heavy atom. The first-order valence-corrected chi connectivity index (χ1v) is 6.68. The van der Waals surface area contributed by atoms with Gasteiger partial charge in [0.25, 0.3) is 0 Å². The Morgan fingerprint density at radius 3 is 2.82 bits per heavy atom. The average molecular weight is 252 g/mol. The fraction of sp³-hybridized carbons (Fsp3) is 0.500. The number of rotatable bonds is 6. The summed E-state index contributed by atoms with van der Waals surface area (Å²) in [5.74, 6) is 0.592. The molecule has 2 rings (SSSR count). The molecule has 0 atom stereocenters. The Kier molecular flexibility index (Phi) is 4.28. The normalized spacial score (nSPS) is 15.3. The summed E-state index contributed by atoms with van der Waals surface area (Å²) in [5, 5.41) is 7.88. The Labute approximate surface area is 104 Å². The van der Waals surface area contributed by atoms with Crippen LogP contribution in [0.2, 0.25) is 0 Å². The zero-order chi connectivity index (χ0) is 12.1. The quantitative estimate of drug-likeness (QED) is 0.744. The molecule has 0 radical (unpaired) electrons. The third kappa shape index (κ3) is 3.64. The Bertz CT molecular complexity index is 385. The van der Waals surface area contributed by atoms with Gasteiger partial charge >= 0.3 is 0 Å². The lowest BCUT2D eigenvalue weighted by molar-refractivity contribution is -0.121. The van der Waals surface area contributed by atoms with Crippen LogP contribution in [-0.4, -0.2) is 31.3 Å². The summed E-state index contributed by atoms with van der Waals surface area (Å²) in [5.41, 5.74) is 0. The van der Waals surface area contributed by atoms with Crippen LogP contribution in [0.3, 0.4) is 0 Å². The Hall–Kier alpha value is -1.20. The van der Waals surface area contributed by atoms with E-state index >= 15 is 0 Å². The average Bonchev–Trinajstić information content (AvgIpc) is 2.77.